The predicted octanol–water partition coefficient (Wildman–Crippen LogP) is 1.68. The van der Waals surface area contributed by atoms with E-state index in [1.807, 2.05) is 24.5 Å². The molecule has 0 N–H and O–H groups in total. The molecule has 3 nitrogen and oxygen atoms in total. The van der Waals surface area contributed by atoms with E-state index in [2.05, 4.69) is 9.88 Å². The molecule has 86 valence electrons. The fraction of sp³-hybridized carbons (Fsp3) is 0.538. The fourth-order valence-electron chi connectivity index (χ4n) is 2.27. The zero-order valence-electron chi connectivity index (χ0n) is 9.51. The number of hydrogen-bond acceptors (Lipinski definition) is 3. The minimum atomic E-state index is 0.149. The van der Waals surface area contributed by atoms with E-state index in [-0.39, 0.29) is 6.04 Å². The molecule has 2 rings (SSSR count). The van der Waals surface area contributed by atoms with Gasteiger partial charge in [-0.15, -0.1) is 0 Å². The lowest BCUT2D eigenvalue weighted by Gasteiger charge is -2.32. The van der Waals surface area contributed by atoms with Gasteiger partial charge in [-0.2, -0.15) is 0 Å². The van der Waals surface area contributed by atoms with Gasteiger partial charge in [-0.3, -0.25) is 9.88 Å². The zero-order valence-corrected chi connectivity index (χ0v) is 9.51. The zero-order chi connectivity index (χ0) is 11.2. The normalized spacial score (nSPS) is 21.9. The second-order valence-electron chi connectivity index (χ2n) is 4.34. The SMILES string of the molecule is O=CC1CCCCN1CCc1ccncc1. The summed E-state index contributed by atoms with van der Waals surface area (Å²) in [7, 11) is 0. The molecule has 1 atom stereocenters. The van der Waals surface area contributed by atoms with Gasteiger partial charge in [-0.1, -0.05) is 6.42 Å². The second kappa shape index (κ2) is 5.75. The molecular formula is C13H18N2O. The highest BCUT2D eigenvalue weighted by Gasteiger charge is 2.20. The first kappa shape index (κ1) is 11.3. The van der Waals surface area contributed by atoms with Crippen LogP contribution in [0.15, 0.2) is 24.5 Å². The molecule has 2 heterocycles. The smallest absolute Gasteiger partial charge is 0.137 e. The van der Waals surface area contributed by atoms with E-state index in [0.717, 1.165) is 32.2 Å². The van der Waals surface area contributed by atoms with Gasteiger partial charge < -0.3 is 4.79 Å². The Morgan fingerprint density at radius 2 is 2.19 bits per heavy atom. The van der Waals surface area contributed by atoms with Crippen molar-refractivity contribution in [2.75, 3.05) is 13.1 Å². The first-order valence-electron chi connectivity index (χ1n) is 5.98. The number of likely N-dealkylation sites (tertiary alicyclic amines) is 1. The van der Waals surface area contributed by atoms with Crippen molar-refractivity contribution in [3.05, 3.63) is 30.1 Å². The number of piperidine rings is 1. The minimum absolute atomic E-state index is 0.149. The Morgan fingerprint density at radius 1 is 1.38 bits per heavy atom. The number of rotatable bonds is 4. The summed E-state index contributed by atoms with van der Waals surface area (Å²) in [6, 6.07) is 4.23. The summed E-state index contributed by atoms with van der Waals surface area (Å²) in [4.78, 5) is 17.2. The van der Waals surface area contributed by atoms with E-state index in [0.29, 0.717) is 0 Å². The maximum Gasteiger partial charge on any atom is 0.137 e. The molecule has 0 bridgehead atoms. The van der Waals surface area contributed by atoms with Crippen molar-refractivity contribution in [1.82, 2.24) is 9.88 Å². The van der Waals surface area contributed by atoms with Crippen molar-refractivity contribution in [3.63, 3.8) is 0 Å². The summed E-state index contributed by atoms with van der Waals surface area (Å²) in [6.45, 7) is 2.04. The van der Waals surface area contributed by atoms with E-state index in [1.54, 1.807) is 0 Å². The molecule has 0 radical (unpaired) electrons. The van der Waals surface area contributed by atoms with Crippen molar-refractivity contribution in [2.45, 2.75) is 31.7 Å². The summed E-state index contributed by atoms with van der Waals surface area (Å²) in [5.74, 6) is 0. The molecule has 1 aromatic rings. The average molecular weight is 218 g/mol. The predicted molar refractivity (Wildman–Crippen MR) is 63.2 cm³/mol. The molecule has 0 spiro atoms. The summed E-state index contributed by atoms with van der Waals surface area (Å²) >= 11 is 0. The largest absolute Gasteiger partial charge is 0.302 e. The van der Waals surface area contributed by atoms with Crippen LogP contribution < -0.4 is 0 Å². The van der Waals surface area contributed by atoms with Crippen molar-refractivity contribution >= 4 is 6.29 Å². The van der Waals surface area contributed by atoms with Crippen LogP contribution >= 0.6 is 0 Å². The van der Waals surface area contributed by atoms with E-state index in [9.17, 15) is 4.79 Å². The third kappa shape index (κ3) is 2.89. The van der Waals surface area contributed by atoms with E-state index >= 15 is 0 Å². The number of nitrogens with zero attached hydrogens (tertiary/aromatic N) is 2. The highest BCUT2D eigenvalue weighted by Crippen LogP contribution is 2.15. The van der Waals surface area contributed by atoms with Gasteiger partial charge in [0, 0.05) is 18.9 Å². The van der Waals surface area contributed by atoms with Gasteiger partial charge in [0.25, 0.3) is 0 Å². The minimum Gasteiger partial charge on any atom is -0.302 e. The quantitative estimate of drug-likeness (QED) is 0.721. The van der Waals surface area contributed by atoms with Gasteiger partial charge in [0.15, 0.2) is 0 Å². The fourth-order valence-corrected chi connectivity index (χ4v) is 2.27. The van der Waals surface area contributed by atoms with Crippen LogP contribution in [0, 0.1) is 0 Å². The van der Waals surface area contributed by atoms with Crippen molar-refractivity contribution < 1.29 is 4.79 Å². The maximum absolute atomic E-state index is 10.9. The van der Waals surface area contributed by atoms with Crippen LogP contribution in [-0.4, -0.2) is 35.3 Å². The lowest BCUT2D eigenvalue weighted by molar-refractivity contribution is -0.113. The molecule has 1 unspecified atom stereocenters. The van der Waals surface area contributed by atoms with E-state index in [4.69, 9.17) is 0 Å². The van der Waals surface area contributed by atoms with Crippen molar-refractivity contribution in [2.24, 2.45) is 0 Å². The summed E-state index contributed by atoms with van der Waals surface area (Å²) in [6.07, 6.45) is 9.19. The van der Waals surface area contributed by atoms with Crippen LogP contribution in [0.3, 0.4) is 0 Å². The van der Waals surface area contributed by atoms with Gasteiger partial charge in [-0.05, 0) is 43.5 Å². The molecule has 16 heavy (non-hydrogen) atoms. The Hall–Kier alpha value is -1.22. The Labute approximate surface area is 96.5 Å². The number of pyridine rings is 1. The summed E-state index contributed by atoms with van der Waals surface area (Å²) in [5.41, 5.74) is 1.30. The van der Waals surface area contributed by atoms with Gasteiger partial charge in [0.2, 0.25) is 0 Å². The van der Waals surface area contributed by atoms with Crippen LogP contribution in [0.2, 0.25) is 0 Å². The van der Waals surface area contributed by atoms with E-state index < -0.39 is 0 Å². The Morgan fingerprint density at radius 3 is 2.94 bits per heavy atom. The number of hydrogen-bond donors (Lipinski definition) is 0. The lowest BCUT2D eigenvalue weighted by Crippen LogP contribution is -2.41. The molecule has 0 aromatic carbocycles. The second-order valence-corrected chi connectivity index (χ2v) is 4.34. The first-order valence-corrected chi connectivity index (χ1v) is 5.98. The number of carbonyl (C=O) groups is 1. The third-order valence-electron chi connectivity index (χ3n) is 3.26. The molecule has 0 saturated carbocycles. The standard InChI is InChI=1S/C13H18N2O/c16-11-13-3-1-2-9-15(13)10-6-12-4-7-14-8-5-12/h4-5,7-8,11,13H,1-3,6,9-10H2. The molecule has 1 aliphatic heterocycles. The molecule has 1 aromatic heterocycles. The van der Waals surface area contributed by atoms with E-state index in [1.165, 1.54) is 18.4 Å². The molecule has 1 aliphatic rings. The van der Waals surface area contributed by atoms with Crippen LogP contribution in [0.1, 0.15) is 24.8 Å². The molecule has 3 heteroatoms. The molecule has 1 fully saturated rings. The summed E-state index contributed by atoms with van der Waals surface area (Å²) < 4.78 is 0. The van der Waals surface area contributed by atoms with Crippen LogP contribution in [0.5, 0.6) is 0 Å². The molecule has 0 aliphatic carbocycles. The summed E-state index contributed by atoms with van der Waals surface area (Å²) in [5, 5.41) is 0. The lowest BCUT2D eigenvalue weighted by atomic mass is 10.0. The highest BCUT2D eigenvalue weighted by atomic mass is 16.1. The Bertz CT molecular complexity index is 326. The van der Waals surface area contributed by atoms with Gasteiger partial charge in [0.1, 0.15) is 6.29 Å². The van der Waals surface area contributed by atoms with Gasteiger partial charge >= 0.3 is 0 Å². The van der Waals surface area contributed by atoms with Gasteiger partial charge in [0.05, 0.1) is 6.04 Å². The van der Waals surface area contributed by atoms with Crippen LogP contribution in [0.25, 0.3) is 0 Å². The first-order chi connectivity index (χ1) is 7.90. The Kier molecular flexibility index (Phi) is 4.05. The van der Waals surface area contributed by atoms with Crippen molar-refractivity contribution in [3.8, 4) is 0 Å². The topological polar surface area (TPSA) is 33.2 Å². The molecule has 0 amide bonds. The average Bonchev–Trinajstić information content (AvgIpc) is 2.38. The van der Waals surface area contributed by atoms with Gasteiger partial charge in [-0.25, -0.2) is 0 Å². The number of aromatic nitrogens is 1. The highest BCUT2D eigenvalue weighted by molar-refractivity contribution is 5.57. The van der Waals surface area contributed by atoms with Crippen LogP contribution in [0.4, 0.5) is 0 Å². The maximum atomic E-state index is 10.9. The third-order valence-corrected chi connectivity index (χ3v) is 3.26. The number of carbonyl (C=O) groups excluding carboxylic acids is 1. The molecule has 1 saturated heterocycles. The molecular weight excluding hydrogens is 200 g/mol. The monoisotopic (exact) mass is 218 g/mol. The Balaban J connectivity index is 1.86. The van der Waals surface area contributed by atoms with Crippen molar-refractivity contribution in [1.29, 1.82) is 0 Å². The number of aldehydes is 1. The van der Waals surface area contributed by atoms with Crippen LogP contribution in [-0.2, 0) is 11.2 Å².